The van der Waals surface area contributed by atoms with Gasteiger partial charge in [-0.3, -0.25) is 4.79 Å². The van der Waals surface area contributed by atoms with Crippen LogP contribution in [0.3, 0.4) is 0 Å². The molecule has 0 spiro atoms. The summed E-state index contributed by atoms with van der Waals surface area (Å²) in [4.78, 5) is 11.9. The van der Waals surface area contributed by atoms with Gasteiger partial charge in [0, 0.05) is 16.6 Å². The van der Waals surface area contributed by atoms with Crippen LogP contribution >= 0.6 is 15.9 Å². The molecule has 1 amide bonds. The maximum atomic E-state index is 13.1. The third-order valence-corrected chi connectivity index (χ3v) is 3.87. The Morgan fingerprint density at radius 3 is 2.61 bits per heavy atom. The number of hydrogen-bond donors (Lipinski definition) is 2. The van der Waals surface area contributed by atoms with Crippen LogP contribution in [0.2, 0.25) is 0 Å². The fourth-order valence-corrected chi connectivity index (χ4v) is 1.95. The van der Waals surface area contributed by atoms with Gasteiger partial charge in [-0.05, 0) is 47.0 Å². The lowest BCUT2D eigenvalue weighted by atomic mass is 9.94. The third kappa shape index (κ3) is 3.78. The summed E-state index contributed by atoms with van der Waals surface area (Å²) in [7, 11) is 0. The van der Waals surface area contributed by atoms with Gasteiger partial charge in [0.05, 0.1) is 5.56 Å². The van der Waals surface area contributed by atoms with E-state index in [1.165, 1.54) is 18.2 Å². The van der Waals surface area contributed by atoms with Gasteiger partial charge in [0.1, 0.15) is 5.82 Å². The quantitative estimate of drug-likeness (QED) is 0.877. The summed E-state index contributed by atoms with van der Waals surface area (Å²) in [5.41, 5.74) is 5.97. The number of carbonyl (C=O) groups is 1. The Morgan fingerprint density at radius 2 is 2.06 bits per heavy atom. The Kier molecular flexibility index (Phi) is 5.28. The van der Waals surface area contributed by atoms with E-state index in [4.69, 9.17) is 5.73 Å². The van der Waals surface area contributed by atoms with Crippen LogP contribution < -0.4 is 11.1 Å². The van der Waals surface area contributed by atoms with Gasteiger partial charge in [-0.2, -0.15) is 0 Å². The van der Waals surface area contributed by atoms with Crippen LogP contribution in [0, 0.1) is 5.82 Å². The van der Waals surface area contributed by atoms with Crippen molar-refractivity contribution < 1.29 is 9.18 Å². The number of hydrogen-bond acceptors (Lipinski definition) is 2. The summed E-state index contributed by atoms with van der Waals surface area (Å²) < 4.78 is 13.7. The Labute approximate surface area is 115 Å². The second-order valence-electron chi connectivity index (χ2n) is 4.38. The van der Waals surface area contributed by atoms with Crippen LogP contribution in [0.5, 0.6) is 0 Å². The number of halogens is 2. The third-order valence-electron chi connectivity index (χ3n) is 3.18. The van der Waals surface area contributed by atoms with Crippen molar-refractivity contribution in [3.63, 3.8) is 0 Å². The van der Waals surface area contributed by atoms with E-state index >= 15 is 0 Å². The second kappa shape index (κ2) is 6.29. The highest BCUT2D eigenvalue weighted by atomic mass is 79.9. The first-order valence-electron chi connectivity index (χ1n) is 5.94. The van der Waals surface area contributed by atoms with Crippen molar-refractivity contribution in [2.45, 2.75) is 32.2 Å². The van der Waals surface area contributed by atoms with Gasteiger partial charge >= 0.3 is 0 Å². The zero-order chi connectivity index (χ0) is 13.8. The molecule has 3 N–H and O–H groups in total. The minimum absolute atomic E-state index is 0.282. The van der Waals surface area contributed by atoms with E-state index in [0.717, 1.165) is 12.8 Å². The first kappa shape index (κ1) is 15.1. The van der Waals surface area contributed by atoms with E-state index in [0.29, 0.717) is 11.0 Å². The number of carbonyl (C=O) groups excluding carboxylic acids is 1. The molecular weight excluding hydrogens is 299 g/mol. The van der Waals surface area contributed by atoms with E-state index < -0.39 is 11.4 Å². The summed E-state index contributed by atoms with van der Waals surface area (Å²) in [6.45, 7) is 4.34. The molecule has 5 heteroatoms. The van der Waals surface area contributed by atoms with E-state index in [-0.39, 0.29) is 11.5 Å². The van der Waals surface area contributed by atoms with Crippen molar-refractivity contribution in [3.05, 3.63) is 34.1 Å². The van der Waals surface area contributed by atoms with Crippen molar-refractivity contribution in [2.24, 2.45) is 5.73 Å². The first-order chi connectivity index (χ1) is 8.41. The molecule has 0 unspecified atom stereocenters. The number of amides is 1. The topological polar surface area (TPSA) is 55.1 Å². The largest absolute Gasteiger partial charge is 0.350 e. The van der Waals surface area contributed by atoms with E-state index in [1.807, 2.05) is 13.8 Å². The number of rotatable bonds is 5. The molecule has 0 aliphatic carbocycles. The Balaban J connectivity index is 2.74. The molecule has 0 saturated heterocycles. The molecule has 0 aliphatic heterocycles. The van der Waals surface area contributed by atoms with Crippen molar-refractivity contribution in [3.8, 4) is 0 Å². The molecule has 0 atom stereocenters. The summed E-state index contributed by atoms with van der Waals surface area (Å²) in [6, 6.07) is 4.02. The molecule has 1 aromatic rings. The van der Waals surface area contributed by atoms with Gasteiger partial charge < -0.3 is 11.1 Å². The molecule has 0 heterocycles. The Bertz CT molecular complexity index is 433. The molecule has 0 aromatic heterocycles. The molecule has 0 radical (unpaired) electrons. The molecular formula is C13H18BrFN2O. The standard InChI is InChI=1S/C13H18BrFN2O/c1-3-13(16,4-2)8-17-12(18)10-7-9(15)5-6-11(10)14/h5-7H,3-4,8,16H2,1-2H3,(H,17,18). The molecule has 100 valence electrons. The molecule has 18 heavy (non-hydrogen) atoms. The maximum absolute atomic E-state index is 13.1. The summed E-state index contributed by atoms with van der Waals surface area (Å²) in [5.74, 6) is -0.758. The average Bonchev–Trinajstić information content (AvgIpc) is 2.38. The lowest BCUT2D eigenvalue weighted by Gasteiger charge is -2.26. The average molecular weight is 317 g/mol. The molecule has 0 fully saturated rings. The van der Waals surface area contributed by atoms with Gasteiger partial charge in [-0.25, -0.2) is 4.39 Å². The monoisotopic (exact) mass is 316 g/mol. The van der Waals surface area contributed by atoms with Crippen LogP contribution in [-0.4, -0.2) is 18.0 Å². The van der Waals surface area contributed by atoms with Gasteiger partial charge in [0.2, 0.25) is 0 Å². The summed E-state index contributed by atoms with van der Waals surface area (Å²) in [6.07, 6.45) is 1.54. The highest BCUT2D eigenvalue weighted by Gasteiger charge is 2.21. The SMILES string of the molecule is CCC(N)(CC)CNC(=O)c1cc(F)ccc1Br. The van der Waals surface area contributed by atoms with E-state index in [2.05, 4.69) is 21.2 Å². The molecule has 1 aromatic carbocycles. The van der Waals surface area contributed by atoms with Crippen molar-refractivity contribution in [1.29, 1.82) is 0 Å². The Morgan fingerprint density at radius 1 is 1.44 bits per heavy atom. The lowest BCUT2D eigenvalue weighted by molar-refractivity contribution is 0.0941. The van der Waals surface area contributed by atoms with Gasteiger partial charge in [0.25, 0.3) is 5.91 Å². The predicted molar refractivity (Wildman–Crippen MR) is 73.9 cm³/mol. The van der Waals surface area contributed by atoms with Crippen molar-refractivity contribution in [2.75, 3.05) is 6.54 Å². The van der Waals surface area contributed by atoms with Crippen LogP contribution in [-0.2, 0) is 0 Å². The van der Waals surface area contributed by atoms with Gasteiger partial charge in [-0.15, -0.1) is 0 Å². The zero-order valence-corrected chi connectivity index (χ0v) is 12.2. The molecule has 0 bridgehead atoms. The highest BCUT2D eigenvalue weighted by molar-refractivity contribution is 9.10. The molecule has 1 rings (SSSR count). The fraction of sp³-hybridized carbons (Fsp3) is 0.462. The van der Waals surface area contributed by atoms with Crippen LogP contribution in [0.4, 0.5) is 4.39 Å². The molecule has 0 aliphatic rings. The van der Waals surface area contributed by atoms with Crippen LogP contribution in [0.25, 0.3) is 0 Å². The minimum atomic E-state index is -0.437. The van der Waals surface area contributed by atoms with Crippen LogP contribution in [0.1, 0.15) is 37.0 Å². The Hall–Kier alpha value is -0.940. The van der Waals surface area contributed by atoms with Crippen molar-refractivity contribution >= 4 is 21.8 Å². The van der Waals surface area contributed by atoms with E-state index in [9.17, 15) is 9.18 Å². The van der Waals surface area contributed by atoms with Crippen LogP contribution in [0.15, 0.2) is 22.7 Å². The molecule has 0 saturated carbocycles. The summed E-state index contributed by atoms with van der Waals surface area (Å²) >= 11 is 3.23. The lowest BCUT2D eigenvalue weighted by Crippen LogP contribution is -2.49. The fourth-order valence-electron chi connectivity index (χ4n) is 1.52. The van der Waals surface area contributed by atoms with Gasteiger partial charge in [0.15, 0.2) is 0 Å². The van der Waals surface area contributed by atoms with Crippen molar-refractivity contribution in [1.82, 2.24) is 5.32 Å². The highest BCUT2D eigenvalue weighted by Crippen LogP contribution is 2.18. The minimum Gasteiger partial charge on any atom is -0.350 e. The predicted octanol–water partition coefficient (Wildman–Crippen LogP) is 2.84. The number of benzene rings is 1. The number of nitrogens with two attached hydrogens (primary N) is 1. The van der Waals surface area contributed by atoms with E-state index in [1.54, 1.807) is 0 Å². The number of nitrogens with one attached hydrogen (secondary N) is 1. The van der Waals surface area contributed by atoms with Gasteiger partial charge in [-0.1, -0.05) is 13.8 Å². The second-order valence-corrected chi connectivity index (χ2v) is 5.23. The first-order valence-corrected chi connectivity index (χ1v) is 6.73. The zero-order valence-electron chi connectivity index (χ0n) is 10.6. The molecule has 3 nitrogen and oxygen atoms in total. The smallest absolute Gasteiger partial charge is 0.252 e. The normalized spacial score (nSPS) is 11.4. The summed E-state index contributed by atoms with van der Waals surface area (Å²) in [5, 5.41) is 2.75. The maximum Gasteiger partial charge on any atom is 0.252 e.